The minimum absolute atomic E-state index is 0.208. The number of aliphatic hydroxyl groups is 6. The van der Waals surface area contributed by atoms with Crippen molar-refractivity contribution in [2.24, 2.45) is 5.92 Å². The molecule has 1 heterocycles. The van der Waals surface area contributed by atoms with E-state index in [0.29, 0.717) is 5.57 Å². The van der Waals surface area contributed by atoms with Crippen LogP contribution in [0.25, 0.3) is 12.2 Å². The first-order valence-electron chi connectivity index (χ1n) is 11.7. The maximum atomic E-state index is 12.5. The van der Waals surface area contributed by atoms with Gasteiger partial charge >= 0.3 is 0 Å². The first-order chi connectivity index (χ1) is 17.8. The topological polar surface area (TPSA) is 160 Å². The number of hydroxylamine groups is 1. The molecule has 2 aliphatic rings. The predicted octanol–water partition coefficient (Wildman–Crippen LogP) is 0.699. The number of amides is 1. The second-order valence-corrected chi connectivity index (χ2v) is 8.44. The van der Waals surface area contributed by atoms with E-state index < -0.39 is 37.6 Å². The third kappa shape index (κ3) is 7.46. The second kappa shape index (κ2) is 13.7. The number of nitrogens with one attached hydrogen (secondary N) is 1. The molecule has 1 fully saturated rings. The van der Waals surface area contributed by atoms with E-state index in [1.54, 1.807) is 0 Å². The fraction of sp³-hybridized carbons (Fsp3) is 0.250. The van der Waals surface area contributed by atoms with Crippen molar-refractivity contribution in [3.05, 3.63) is 107 Å². The van der Waals surface area contributed by atoms with Crippen molar-refractivity contribution in [3.63, 3.8) is 0 Å². The highest BCUT2D eigenvalue weighted by Crippen LogP contribution is 2.37. The van der Waals surface area contributed by atoms with Crippen molar-refractivity contribution in [2.75, 3.05) is 13.2 Å². The van der Waals surface area contributed by atoms with Gasteiger partial charge in [0.1, 0.15) is 30.2 Å². The molecule has 1 aliphatic heterocycles. The maximum Gasteiger partial charge on any atom is 0.280 e. The van der Waals surface area contributed by atoms with Crippen molar-refractivity contribution in [1.29, 1.82) is 0 Å². The fourth-order valence-electron chi connectivity index (χ4n) is 3.75. The van der Waals surface area contributed by atoms with Gasteiger partial charge in [-0.1, -0.05) is 78.9 Å². The van der Waals surface area contributed by atoms with E-state index >= 15 is 0 Å². The van der Waals surface area contributed by atoms with Gasteiger partial charge in [0.15, 0.2) is 0 Å². The lowest BCUT2D eigenvalue weighted by Gasteiger charge is -2.30. The van der Waals surface area contributed by atoms with Gasteiger partial charge in [-0.2, -0.15) is 5.48 Å². The lowest BCUT2D eigenvalue weighted by Crippen LogP contribution is -2.46. The summed E-state index contributed by atoms with van der Waals surface area (Å²) in [6.07, 6.45) is 3.49. The molecule has 0 saturated carbocycles. The van der Waals surface area contributed by atoms with Crippen LogP contribution in [0.1, 0.15) is 11.1 Å². The van der Waals surface area contributed by atoms with E-state index in [9.17, 15) is 4.79 Å². The number of rotatable bonds is 7. The Labute approximate surface area is 214 Å². The average molecular weight is 510 g/mol. The summed E-state index contributed by atoms with van der Waals surface area (Å²) in [6, 6.07) is 19.9. The quantitative estimate of drug-likeness (QED) is 0.269. The first-order valence-corrected chi connectivity index (χ1v) is 11.7. The van der Waals surface area contributed by atoms with Crippen LogP contribution >= 0.6 is 0 Å². The summed E-state index contributed by atoms with van der Waals surface area (Å²) >= 11 is 0. The second-order valence-electron chi connectivity index (χ2n) is 8.44. The van der Waals surface area contributed by atoms with Gasteiger partial charge in [-0.3, -0.25) is 4.79 Å². The normalized spacial score (nSPS) is 21.9. The van der Waals surface area contributed by atoms with Crippen LogP contribution in [0.15, 0.2) is 95.8 Å². The van der Waals surface area contributed by atoms with Gasteiger partial charge in [0.2, 0.25) is 0 Å². The summed E-state index contributed by atoms with van der Waals surface area (Å²) in [5.74, 6) is 0.311. The highest BCUT2D eigenvalue weighted by molar-refractivity contribution is 6.00. The minimum atomic E-state index is -1.67. The maximum absolute atomic E-state index is 12.5. The van der Waals surface area contributed by atoms with Crippen molar-refractivity contribution in [1.82, 2.24) is 5.48 Å². The number of allylic oxidation sites excluding steroid dienone is 4. The number of benzene rings is 2. The third-order valence-electron chi connectivity index (χ3n) is 5.77. The van der Waals surface area contributed by atoms with Crippen LogP contribution in [0.4, 0.5) is 0 Å². The highest BCUT2D eigenvalue weighted by Gasteiger charge is 2.34. The summed E-state index contributed by atoms with van der Waals surface area (Å²) in [4.78, 5) is 17.9. The number of hydrogen-bond donors (Lipinski definition) is 7. The molecule has 196 valence electrons. The van der Waals surface area contributed by atoms with E-state index in [4.69, 9.17) is 35.5 Å². The molecule has 5 atom stereocenters. The summed E-state index contributed by atoms with van der Waals surface area (Å²) in [6.45, 7) is -1.45. The van der Waals surface area contributed by atoms with E-state index in [1.165, 1.54) is 0 Å². The van der Waals surface area contributed by atoms with Crippen molar-refractivity contribution >= 4 is 18.1 Å². The van der Waals surface area contributed by atoms with Crippen LogP contribution < -0.4 is 5.48 Å². The molecule has 9 heteroatoms. The Balaban J connectivity index is 0.000000270. The molecule has 1 saturated heterocycles. The predicted molar refractivity (Wildman–Crippen MR) is 137 cm³/mol. The van der Waals surface area contributed by atoms with E-state index in [0.717, 1.165) is 22.5 Å². The zero-order chi connectivity index (χ0) is 26.8. The molecule has 9 nitrogen and oxygen atoms in total. The number of carbonyl (C=O) groups excluding carboxylic acids is 1. The van der Waals surface area contributed by atoms with Gasteiger partial charge < -0.3 is 35.5 Å². The summed E-state index contributed by atoms with van der Waals surface area (Å²) in [5.41, 5.74) is 6.28. The van der Waals surface area contributed by atoms with Gasteiger partial charge in [-0.15, -0.1) is 0 Å². The lowest BCUT2D eigenvalue weighted by atomic mass is 9.83. The van der Waals surface area contributed by atoms with E-state index in [2.05, 4.69) is 11.6 Å². The molecule has 0 radical (unpaired) electrons. The SMILES string of the molecule is O=C1NOC2=CC=CC(=Cc3ccccc3)C2C1=Cc1ccccc1.OCC(O)C(O)C(O)C(O)CO. The third-order valence-corrected chi connectivity index (χ3v) is 5.77. The van der Waals surface area contributed by atoms with Crippen molar-refractivity contribution in [2.45, 2.75) is 24.4 Å². The van der Waals surface area contributed by atoms with E-state index in [-0.39, 0.29) is 11.8 Å². The summed E-state index contributed by atoms with van der Waals surface area (Å²) < 4.78 is 0. The Bertz CT molecular complexity index is 1130. The Kier molecular flexibility index (Phi) is 10.3. The molecule has 1 aliphatic carbocycles. The van der Waals surface area contributed by atoms with Gasteiger partial charge in [0, 0.05) is 5.57 Å². The van der Waals surface area contributed by atoms with Crippen LogP contribution in [0.5, 0.6) is 0 Å². The molecule has 2 aromatic carbocycles. The Morgan fingerprint density at radius 3 is 1.84 bits per heavy atom. The zero-order valence-corrected chi connectivity index (χ0v) is 20.0. The molecule has 7 N–H and O–H groups in total. The summed E-state index contributed by atoms with van der Waals surface area (Å²) in [7, 11) is 0. The zero-order valence-electron chi connectivity index (χ0n) is 20.0. The van der Waals surface area contributed by atoms with Crippen LogP contribution in [0, 0.1) is 5.92 Å². The monoisotopic (exact) mass is 509 g/mol. The first kappa shape index (κ1) is 28.0. The Morgan fingerprint density at radius 2 is 1.32 bits per heavy atom. The largest absolute Gasteiger partial charge is 0.394 e. The lowest BCUT2D eigenvalue weighted by molar-refractivity contribution is -0.130. The summed E-state index contributed by atoms with van der Waals surface area (Å²) in [5, 5.41) is 52.2. The molecule has 5 unspecified atom stereocenters. The standard InChI is InChI=1S/C22H17NO2.C6H14O6/c24-22-19(15-17-10-5-2-6-11-17)21-18(12-7-13-20(21)25-23-22)14-16-8-3-1-4-9-16;7-1-3(9)5(11)6(12)4(10)2-8/h1-15,21H,(H,23,24);3-12H,1-2H2. The van der Waals surface area contributed by atoms with Crippen LogP contribution in [-0.4, -0.2) is 74.2 Å². The Morgan fingerprint density at radius 1 is 0.811 bits per heavy atom. The number of carbonyl (C=O) groups is 1. The highest BCUT2D eigenvalue weighted by atomic mass is 16.7. The van der Waals surface area contributed by atoms with Crippen LogP contribution in [-0.2, 0) is 9.63 Å². The molecule has 4 rings (SSSR count). The Hall–Kier alpha value is -3.57. The van der Waals surface area contributed by atoms with Crippen molar-refractivity contribution < 1.29 is 40.3 Å². The molecule has 37 heavy (non-hydrogen) atoms. The molecule has 0 bridgehead atoms. The average Bonchev–Trinajstić information content (AvgIpc) is 2.94. The smallest absolute Gasteiger partial charge is 0.280 e. The van der Waals surface area contributed by atoms with E-state index in [1.807, 2.05) is 85.0 Å². The van der Waals surface area contributed by atoms with Gasteiger partial charge in [0.25, 0.3) is 5.91 Å². The van der Waals surface area contributed by atoms with Gasteiger partial charge in [-0.25, -0.2) is 0 Å². The molecular formula is C28H31NO8. The van der Waals surface area contributed by atoms with Gasteiger partial charge in [-0.05, 0) is 28.9 Å². The molecule has 1 amide bonds. The molecule has 2 aromatic rings. The fourth-order valence-corrected chi connectivity index (χ4v) is 3.75. The van der Waals surface area contributed by atoms with Crippen LogP contribution in [0.2, 0.25) is 0 Å². The van der Waals surface area contributed by atoms with Crippen molar-refractivity contribution in [3.8, 4) is 0 Å². The number of hydrogen-bond acceptors (Lipinski definition) is 8. The number of aliphatic hydroxyl groups excluding tert-OH is 6. The minimum Gasteiger partial charge on any atom is -0.394 e. The van der Waals surface area contributed by atoms with Crippen LogP contribution in [0.3, 0.4) is 0 Å². The molecule has 0 spiro atoms. The number of fused-ring (bicyclic) bond motifs is 1. The molecular weight excluding hydrogens is 478 g/mol. The molecule has 0 aromatic heterocycles. The van der Waals surface area contributed by atoms with Gasteiger partial charge in [0.05, 0.1) is 19.1 Å².